The minimum absolute atomic E-state index is 0.0924. The number of aromatic nitrogens is 1. The molecule has 2 aromatic carbocycles. The molecule has 2 aliphatic heterocycles. The molecule has 10 heteroatoms. The zero-order valence-corrected chi connectivity index (χ0v) is 21.7. The van der Waals surface area contributed by atoms with Gasteiger partial charge in [0, 0.05) is 55.0 Å². The van der Waals surface area contributed by atoms with Crippen molar-refractivity contribution in [3.05, 3.63) is 93.2 Å². The van der Waals surface area contributed by atoms with Crippen LogP contribution in [0.2, 0.25) is 10.0 Å². The number of aryl methyl sites for hydroxylation is 1. The predicted molar refractivity (Wildman–Crippen MR) is 140 cm³/mol. The number of likely N-dealkylation sites (tertiary alicyclic amines) is 1. The van der Waals surface area contributed by atoms with Gasteiger partial charge in [-0.1, -0.05) is 53.0 Å². The Bertz CT molecular complexity index is 1390. The van der Waals surface area contributed by atoms with Gasteiger partial charge in [0.05, 0.1) is 11.3 Å². The molecule has 2 saturated heterocycles. The molecule has 2 aliphatic rings. The fraction of sp³-hybridized carbons (Fsp3) is 0.259. The second kappa shape index (κ2) is 9.45. The highest BCUT2D eigenvalue weighted by atomic mass is 35.5. The molecule has 0 aliphatic carbocycles. The van der Waals surface area contributed by atoms with Crippen molar-refractivity contribution in [2.45, 2.75) is 24.9 Å². The molecule has 3 heterocycles. The van der Waals surface area contributed by atoms with Crippen molar-refractivity contribution >= 4 is 46.8 Å². The first-order chi connectivity index (χ1) is 17.6. The van der Waals surface area contributed by atoms with Crippen LogP contribution in [0.3, 0.4) is 0 Å². The van der Waals surface area contributed by atoms with Crippen LogP contribution in [0, 0.1) is 6.92 Å². The molecule has 0 bridgehead atoms. The molecule has 1 N–H and O–H groups in total. The first-order valence-electron chi connectivity index (χ1n) is 11.6. The first kappa shape index (κ1) is 25.2. The minimum atomic E-state index is -1.18. The summed E-state index contributed by atoms with van der Waals surface area (Å²) in [6, 6.07) is 13.7. The van der Waals surface area contributed by atoms with Crippen molar-refractivity contribution in [1.29, 1.82) is 0 Å². The van der Waals surface area contributed by atoms with Crippen LogP contribution >= 0.6 is 23.2 Å². The van der Waals surface area contributed by atoms with Crippen molar-refractivity contribution < 1.29 is 19.5 Å². The number of hydrogen-bond acceptors (Lipinski definition) is 5. The monoisotopic (exact) mass is 538 g/mol. The molecule has 5 rings (SSSR count). The van der Waals surface area contributed by atoms with E-state index in [0.29, 0.717) is 34.4 Å². The van der Waals surface area contributed by atoms with E-state index in [1.165, 1.54) is 11.1 Å². The van der Waals surface area contributed by atoms with E-state index < -0.39 is 17.5 Å². The van der Waals surface area contributed by atoms with Crippen molar-refractivity contribution in [2.24, 2.45) is 0 Å². The number of benzene rings is 2. The molecule has 2 atom stereocenters. The van der Waals surface area contributed by atoms with E-state index in [4.69, 9.17) is 23.2 Å². The summed E-state index contributed by atoms with van der Waals surface area (Å²) in [7, 11) is 1.64. The number of carbonyl (C=O) groups excluding carboxylic acids is 2. The lowest BCUT2D eigenvalue weighted by Gasteiger charge is -2.34. The molecule has 190 valence electrons. The number of carboxylic acids is 1. The van der Waals surface area contributed by atoms with Gasteiger partial charge < -0.3 is 10.0 Å². The van der Waals surface area contributed by atoms with Gasteiger partial charge >= 0.3 is 12.0 Å². The second-order valence-electron chi connectivity index (χ2n) is 9.55. The maximum Gasteiger partial charge on any atom is 0.337 e. The summed E-state index contributed by atoms with van der Waals surface area (Å²) in [6.07, 6.45) is 2.91. The van der Waals surface area contributed by atoms with Gasteiger partial charge in [-0.25, -0.2) is 14.5 Å². The zero-order valence-electron chi connectivity index (χ0n) is 20.2. The van der Waals surface area contributed by atoms with Crippen LogP contribution in [0.4, 0.5) is 10.5 Å². The molecule has 0 unspecified atom stereocenters. The third kappa shape index (κ3) is 4.35. The number of urea groups is 1. The Balaban J connectivity index is 1.56. The van der Waals surface area contributed by atoms with Crippen molar-refractivity contribution in [2.75, 3.05) is 25.0 Å². The number of pyridine rings is 1. The zero-order chi connectivity index (χ0) is 26.5. The van der Waals surface area contributed by atoms with Gasteiger partial charge in [-0.2, -0.15) is 0 Å². The van der Waals surface area contributed by atoms with Crippen molar-refractivity contribution in [1.82, 2.24) is 14.8 Å². The highest BCUT2D eigenvalue weighted by Crippen LogP contribution is 2.47. The number of nitrogens with zero attached hydrogens (tertiary/aromatic N) is 4. The average molecular weight is 539 g/mol. The van der Waals surface area contributed by atoms with Crippen LogP contribution in [0.1, 0.15) is 33.0 Å². The largest absolute Gasteiger partial charge is 0.478 e. The molecule has 1 spiro atoms. The van der Waals surface area contributed by atoms with E-state index in [2.05, 4.69) is 9.88 Å². The van der Waals surface area contributed by atoms with Crippen LogP contribution < -0.4 is 4.90 Å². The van der Waals surface area contributed by atoms with E-state index in [9.17, 15) is 19.5 Å². The lowest BCUT2D eigenvalue weighted by Crippen LogP contribution is -2.53. The highest BCUT2D eigenvalue weighted by molar-refractivity contribution is 6.35. The molecule has 2 fully saturated rings. The Hall–Kier alpha value is -3.46. The Labute approximate surface area is 224 Å². The van der Waals surface area contributed by atoms with Crippen LogP contribution in [0.25, 0.3) is 0 Å². The normalized spacial score (nSPS) is 21.9. The maximum atomic E-state index is 14.2. The standard InChI is InChI=1S/C27H24Cl2N4O4/c1-16-3-5-18(6-4-16)23-14-32(13-17-7-19(24(34)35)12-30-11-17)15-27(23)25(36)33(26(37)31(27)2)22-9-20(28)8-21(29)10-22/h3-12,23H,13-15H2,1-2H3,(H,34,35)/t23-,27+/m0/s1. The molecular weight excluding hydrogens is 515 g/mol. The molecule has 3 aromatic rings. The summed E-state index contributed by atoms with van der Waals surface area (Å²) in [5.41, 5.74) is 1.95. The third-order valence-electron chi connectivity index (χ3n) is 7.17. The van der Waals surface area contributed by atoms with E-state index in [-0.39, 0.29) is 23.9 Å². The summed E-state index contributed by atoms with van der Waals surface area (Å²) >= 11 is 12.4. The minimum Gasteiger partial charge on any atom is -0.478 e. The van der Waals surface area contributed by atoms with E-state index in [1.807, 2.05) is 31.2 Å². The first-order valence-corrected chi connectivity index (χ1v) is 12.4. The Morgan fingerprint density at radius 3 is 2.41 bits per heavy atom. The molecule has 37 heavy (non-hydrogen) atoms. The second-order valence-corrected chi connectivity index (χ2v) is 10.4. The van der Waals surface area contributed by atoms with Crippen LogP contribution in [0.15, 0.2) is 60.9 Å². The number of imide groups is 1. The van der Waals surface area contributed by atoms with Crippen LogP contribution in [0.5, 0.6) is 0 Å². The maximum absolute atomic E-state index is 14.2. The number of amides is 3. The van der Waals surface area contributed by atoms with Crippen molar-refractivity contribution in [3.63, 3.8) is 0 Å². The number of likely N-dealkylation sites (N-methyl/N-ethyl adjacent to an activating group) is 1. The summed E-state index contributed by atoms with van der Waals surface area (Å²) in [5, 5.41) is 10.00. The third-order valence-corrected chi connectivity index (χ3v) is 7.60. The lowest BCUT2D eigenvalue weighted by atomic mass is 9.80. The molecule has 8 nitrogen and oxygen atoms in total. The van der Waals surface area contributed by atoms with Gasteiger partial charge in [0.2, 0.25) is 0 Å². The molecular formula is C27H24Cl2N4O4. The lowest BCUT2D eigenvalue weighted by molar-refractivity contribution is -0.124. The fourth-order valence-electron chi connectivity index (χ4n) is 5.37. The number of halogens is 2. The topological polar surface area (TPSA) is 94.0 Å². The van der Waals surface area contributed by atoms with Crippen LogP contribution in [-0.2, 0) is 11.3 Å². The molecule has 1 aromatic heterocycles. The van der Waals surface area contributed by atoms with E-state index in [1.54, 1.807) is 37.5 Å². The number of carboxylic acid groups (broad SMARTS) is 1. The summed E-state index contributed by atoms with van der Waals surface area (Å²) in [6.45, 7) is 3.10. The van der Waals surface area contributed by atoms with Crippen molar-refractivity contribution in [3.8, 4) is 0 Å². The van der Waals surface area contributed by atoms with Gasteiger partial charge in [-0.05, 0) is 42.3 Å². The molecule has 0 radical (unpaired) electrons. The van der Waals surface area contributed by atoms with E-state index >= 15 is 0 Å². The number of aromatic carboxylic acids is 1. The number of rotatable bonds is 5. The quantitative estimate of drug-likeness (QED) is 0.467. The molecule has 3 amide bonds. The number of anilines is 1. The smallest absolute Gasteiger partial charge is 0.337 e. The van der Waals surface area contributed by atoms with Gasteiger partial charge in [0.25, 0.3) is 5.91 Å². The number of hydrogen-bond donors (Lipinski definition) is 1. The average Bonchev–Trinajstić information content (AvgIpc) is 3.31. The highest BCUT2D eigenvalue weighted by Gasteiger charge is 2.64. The Morgan fingerprint density at radius 1 is 1.08 bits per heavy atom. The predicted octanol–water partition coefficient (Wildman–Crippen LogP) is 4.83. The Morgan fingerprint density at radius 2 is 1.76 bits per heavy atom. The van der Waals surface area contributed by atoms with Gasteiger partial charge in [-0.3, -0.25) is 14.7 Å². The molecule has 0 saturated carbocycles. The number of carbonyl (C=O) groups is 3. The van der Waals surface area contributed by atoms with E-state index in [0.717, 1.165) is 16.0 Å². The SMILES string of the molecule is Cc1ccc([C@@H]2CN(Cc3cncc(C(=O)O)c3)C[C@]23C(=O)N(c2cc(Cl)cc(Cl)c2)C(=O)N3C)cc1. The summed E-state index contributed by atoms with van der Waals surface area (Å²) in [5.74, 6) is -1.74. The van der Waals surface area contributed by atoms with Gasteiger partial charge in [0.1, 0.15) is 5.54 Å². The van der Waals surface area contributed by atoms with Gasteiger partial charge in [-0.15, -0.1) is 0 Å². The van der Waals surface area contributed by atoms with Gasteiger partial charge in [0.15, 0.2) is 0 Å². The fourth-order valence-corrected chi connectivity index (χ4v) is 5.89. The summed E-state index contributed by atoms with van der Waals surface area (Å²) < 4.78 is 0. The summed E-state index contributed by atoms with van der Waals surface area (Å²) in [4.78, 5) is 48.0. The Kier molecular flexibility index (Phi) is 6.43. The van der Waals surface area contributed by atoms with Crippen LogP contribution in [-0.4, -0.2) is 63.5 Å².